The minimum absolute atomic E-state index is 0.0404. The minimum atomic E-state index is -0.749. The van der Waals surface area contributed by atoms with Gasteiger partial charge in [0, 0.05) is 25.4 Å². The predicted molar refractivity (Wildman–Crippen MR) is 119 cm³/mol. The summed E-state index contributed by atoms with van der Waals surface area (Å²) >= 11 is 0. The summed E-state index contributed by atoms with van der Waals surface area (Å²) in [5.41, 5.74) is 3.03. The summed E-state index contributed by atoms with van der Waals surface area (Å²) in [4.78, 5) is 15.1. The first-order valence-corrected chi connectivity index (χ1v) is 11.2. The topological polar surface area (TPSA) is 71.0 Å². The molecule has 0 aliphatic carbocycles. The van der Waals surface area contributed by atoms with Crippen molar-refractivity contribution in [1.29, 1.82) is 0 Å². The van der Waals surface area contributed by atoms with Crippen molar-refractivity contribution in [1.82, 2.24) is 10.2 Å². The monoisotopic (exact) mass is 424 g/mol. The van der Waals surface area contributed by atoms with Crippen LogP contribution in [0.1, 0.15) is 42.1 Å². The van der Waals surface area contributed by atoms with Gasteiger partial charge in [0.25, 0.3) is 0 Å². The Kier molecular flexibility index (Phi) is 7.10. The molecule has 0 unspecified atom stereocenters. The highest BCUT2D eigenvalue weighted by Crippen LogP contribution is 2.35. The first kappa shape index (κ1) is 21.7. The molecule has 2 N–H and O–H groups in total. The normalized spacial score (nSPS) is 17.9. The standard InChI is InChI=1S/C25H32N2O4/c1-18-4-6-19(7-5-18)16-26-24(28)15-21(17-27-10-2-3-11-27)25(29)20-8-9-22-23(14-20)31-13-12-30-22/h4-9,14,21,25,29H,2-3,10-13,15-17H2,1H3,(H,26,28)/t21-,25-/m1/s1. The smallest absolute Gasteiger partial charge is 0.220 e. The molecule has 2 aliphatic rings. The molecule has 2 heterocycles. The van der Waals surface area contributed by atoms with Crippen molar-refractivity contribution in [3.8, 4) is 11.5 Å². The van der Waals surface area contributed by atoms with Crippen LogP contribution in [0.5, 0.6) is 11.5 Å². The summed E-state index contributed by atoms with van der Waals surface area (Å²) in [7, 11) is 0. The Hall–Kier alpha value is -2.57. The van der Waals surface area contributed by atoms with Gasteiger partial charge in [-0.2, -0.15) is 0 Å². The number of hydrogen-bond acceptors (Lipinski definition) is 5. The number of aliphatic hydroxyl groups excluding tert-OH is 1. The second-order valence-corrected chi connectivity index (χ2v) is 8.58. The van der Waals surface area contributed by atoms with E-state index in [0.29, 0.717) is 37.8 Å². The molecule has 0 spiro atoms. The maximum absolute atomic E-state index is 12.8. The number of likely N-dealkylation sites (tertiary alicyclic amines) is 1. The fourth-order valence-electron chi connectivity index (χ4n) is 4.31. The minimum Gasteiger partial charge on any atom is -0.486 e. The Bertz CT molecular complexity index is 878. The maximum Gasteiger partial charge on any atom is 0.220 e. The predicted octanol–water partition coefficient (Wildman–Crippen LogP) is 3.22. The van der Waals surface area contributed by atoms with Crippen molar-refractivity contribution in [2.45, 2.75) is 38.8 Å². The number of rotatable bonds is 8. The number of benzene rings is 2. The lowest BCUT2D eigenvalue weighted by atomic mass is 9.91. The molecule has 1 amide bonds. The van der Waals surface area contributed by atoms with Crippen LogP contribution in [0.3, 0.4) is 0 Å². The SMILES string of the molecule is Cc1ccc(CNC(=O)C[C@H](CN2CCCC2)[C@H](O)c2ccc3c(c2)OCCO3)cc1. The quantitative estimate of drug-likeness (QED) is 0.681. The van der Waals surface area contributed by atoms with Crippen LogP contribution in [-0.2, 0) is 11.3 Å². The van der Waals surface area contributed by atoms with E-state index in [1.54, 1.807) is 0 Å². The van der Waals surface area contributed by atoms with E-state index in [1.807, 2.05) is 49.4 Å². The summed E-state index contributed by atoms with van der Waals surface area (Å²) in [6.45, 7) is 6.33. The van der Waals surface area contributed by atoms with Gasteiger partial charge in [0.1, 0.15) is 13.2 Å². The van der Waals surface area contributed by atoms with E-state index in [4.69, 9.17) is 9.47 Å². The van der Waals surface area contributed by atoms with Crippen LogP contribution in [0.2, 0.25) is 0 Å². The Morgan fingerprint density at radius 3 is 2.52 bits per heavy atom. The number of ether oxygens (including phenoxy) is 2. The summed E-state index contributed by atoms with van der Waals surface area (Å²) in [6.07, 6.45) is 1.87. The molecule has 1 fully saturated rings. The number of nitrogens with zero attached hydrogens (tertiary/aromatic N) is 1. The molecular weight excluding hydrogens is 392 g/mol. The third kappa shape index (κ3) is 5.77. The van der Waals surface area contributed by atoms with Crippen LogP contribution in [-0.4, -0.2) is 48.8 Å². The zero-order valence-electron chi connectivity index (χ0n) is 18.2. The fourth-order valence-corrected chi connectivity index (χ4v) is 4.31. The molecular formula is C25H32N2O4. The zero-order chi connectivity index (χ0) is 21.6. The van der Waals surface area contributed by atoms with E-state index in [-0.39, 0.29) is 18.2 Å². The summed E-state index contributed by atoms with van der Waals surface area (Å²) < 4.78 is 11.3. The Balaban J connectivity index is 1.42. The third-order valence-corrected chi connectivity index (χ3v) is 6.10. The second-order valence-electron chi connectivity index (χ2n) is 8.58. The van der Waals surface area contributed by atoms with Crippen molar-refractivity contribution < 1.29 is 19.4 Å². The summed E-state index contributed by atoms with van der Waals surface area (Å²) in [6, 6.07) is 13.7. The van der Waals surface area contributed by atoms with Gasteiger partial charge in [-0.3, -0.25) is 4.79 Å². The molecule has 0 radical (unpaired) electrons. The average molecular weight is 425 g/mol. The number of nitrogens with one attached hydrogen (secondary N) is 1. The van der Waals surface area contributed by atoms with E-state index in [1.165, 1.54) is 18.4 Å². The van der Waals surface area contributed by atoms with Crippen LogP contribution in [0.25, 0.3) is 0 Å². The second kappa shape index (κ2) is 10.2. The number of hydrogen-bond donors (Lipinski definition) is 2. The highest BCUT2D eigenvalue weighted by atomic mass is 16.6. The largest absolute Gasteiger partial charge is 0.486 e. The van der Waals surface area contributed by atoms with Gasteiger partial charge in [0.2, 0.25) is 5.91 Å². The molecule has 31 heavy (non-hydrogen) atoms. The van der Waals surface area contributed by atoms with Crippen LogP contribution in [0.15, 0.2) is 42.5 Å². The molecule has 6 nitrogen and oxygen atoms in total. The molecule has 0 saturated carbocycles. The molecule has 0 aromatic heterocycles. The Morgan fingerprint density at radius 1 is 1.06 bits per heavy atom. The third-order valence-electron chi connectivity index (χ3n) is 6.10. The first-order chi connectivity index (χ1) is 15.1. The fraction of sp³-hybridized carbons (Fsp3) is 0.480. The van der Waals surface area contributed by atoms with Gasteiger partial charge in [-0.05, 0) is 56.1 Å². The average Bonchev–Trinajstić information content (AvgIpc) is 3.30. The number of carbonyl (C=O) groups excluding carboxylic acids is 1. The van der Waals surface area contributed by atoms with E-state index in [0.717, 1.165) is 24.2 Å². The molecule has 6 heteroatoms. The number of aryl methyl sites for hydroxylation is 1. The zero-order valence-corrected chi connectivity index (χ0v) is 18.2. The Labute approximate surface area is 184 Å². The highest BCUT2D eigenvalue weighted by molar-refractivity contribution is 5.76. The van der Waals surface area contributed by atoms with Gasteiger partial charge in [0.05, 0.1) is 6.10 Å². The van der Waals surface area contributed by atoms with Gasteiger partial charge < -0.3 is 24.8 Å². The van der Waals surface area contributed by atoms with Gasteiger partial charge in [-0.1, -0.05) is 35.9 Å². The molecule has 2 atom stereocenters. The molecule has 2 aromatic rings. The molecule has 1 saturated heterocycles. The van der Waals surface area contributed by atoms with Crippen LogP contribution in [0, 0.1) is 12.8 Å². The van der Waals surface area contributed by atoms with E-state index < -0.39 is 6.10 Å². The summed E-state index contributed by atoms with van der Waals surface area (Å²) in [5.74, 6) is 1.13. The number of aliphatic hydroxyl groups is 1. The number of carbonyl (C=O) groups is 1. The number of fused-ring (bicyclic) bond motifs is 1. The van der Waals surface area contributed by atoms with Crippen molar-refractivity contribution in [2.24, 2.45) is 5.92 Å². The lowest BCUT2D eigenvalue weighted by Gasteiger charge is -2.28. The lowest BCUT2D eigenvalue weighted by molar-refractivity contribution is -0.123. The Morgan fingerprint density at radius 2 is 1.77 bits per heavy atom. The van der Waals surface area contributed by atoms with Gasteiger partial charge in [-0.25, -0.2) is 0 Å². The van der Waals surface area contributed by atoms with Crippen molar-refractivity contribution in [2.75, 3.05) is 32.8 Å². The van der Waals surface area contributed by atoms with Crippen LogP contribution >= 0.6 is 0 Å². The van der Waals surface area contributed by atoms with Crippen molar-refractivity contribution >= 4 is 5.91 Å². The van der Waals surface area contributed by atoms with Crippen molar-refractivity contribution in [3.05, 3.63) is 59.2 Å². The summed E-state index contributed by atoms with van der Waals surface area (Å²) in [5, 5.41) is 14.2. The molecule has 2 aromatic carbocycles. The van der Waals surface area contributed by atoms with Crippen LogP contribution < -0.4 is 14.8 Å². The van der Waals surface area contributed by atoms with Gasteiger partial charge in [-0.15, -0.1) is 0 Å². The van der Waals surface area contributed by atoms with Gasteiger partial charge in [0.15, 0.2) is 11.5 Å². The highest BCUT2D eigenvalue weighted by Gasteiger charge is 2.28. The van der Waals surface area contributed by atoms with E-state index in [2.05, 4.69) is 10.2 Å². The maximum atomic E-state index is 12.8. The molecule has 166 valence electrons. The molecule has 2 aliphatic heterocycles. The number of amides is 1. The van der Waals surface area contributed by atoms with Crippen LogP contribution in [0.4, 0.5) is 0 Å². The molecule has 4 rings (SSSR count). The lowest BCUT2D eigenvalue weighted by Crippen LogP contribution is -2.34. The van der Waals surface area contributed by atoms with Crippen molar-refractivity contribution in [3.63, 3.8) is 0 Å². The van der Waals surface area contributed by atoms with E-state index >= 15 is 0 Å². The van der Waals surface area contributed by atoms with Gasteiger partial charge >= 0.3 is 0 Å². The van der Waals surface area contributed by atoms with E-state index in [9.17, 15) is 9.90 Å². The first-order valence-electron chi connectivity index (χ1n) is 11.2. The molecule has 0 bridgehead atoms.